The first-order chi connectivity index (χ1) is 6.67. The van der Waals surface area contributed by atoms with Crippen molar-refractivity contribution in [2.24, 2.45) is 0 Å². The van der Waals surface area contributed by atoms with Crippen LogP contribution in [0, 0.1) is 0 Å². The topological polar surface area (TPSA) is 43.4 Å². The Balaban J connectivity index is 2.87. The van der Waals surface area contributed by atoms with Gasteiger partial charge in [-0.2, -0.15) is 0 Å². The quantitative estimate of drug-likeness (QED) is 0.717. The van der Waals surface area contributed by atoms with Gasteiger partial charge in [0, 0.05) is 0 Å². The molecule has 14 heavy (non-hydrogen) atoms. The molecule has 0 aliphatic rings. The Morgan fingerprint density at radius 1 is 1.29 bits per heavy atom. The summed E-state index contributed by atoms with van der Waals surface area (Å²) in [6.45, 7) is 2.25. The van der Waals surface area contributed by atoms with Crippen LogP contribution in [0.3, 0.4) is 0 Å². The molecule has 4 heteroatoms. The molecule has 0 atom stereocenters. The first-order valence-corrected chi connectivity index (χ1v) is 5.79. The number of hydrogen-bond acceptors (Lipinski definition) is 3. The van der Waals surface area contributed by atoms with Crippen LogP contribution in [-0.2, 0) is 14.6 Å². The van der Waals surface area contributed by atoms with Crippen LogP contribution in [0.4, 0.5) is 0 Å². The predicted octanol–water partition coefficient (Wildman–Crippen LogP) is 1.97. The van der Waals surface area contributed by atoms with E-state index in [9.17, 15) is 8.42 Å². The molecule has 0 unspecified atom stereocenters. The first-order valence-electron chi connectivity index (χ1n) is 4.25. The lowest BCUT2D eigenvalue weighted by molar-refractivity contribution is 0.270. The zero-order valence-electron chi connectivity index (χ0n) is 7.88. The summed E-state index contributed by atoms with van der Waals surface area (Å²) < 4.78 is 27.9. The average Bonchev–Trinajstić information content (AvgIpc) is 2.19. The molecule has 0 fully saturated rings. The fraction of sp³-hybridized carbons (Fsp3) is 0.200. The number of sulfone groups is 1. The van der Waals surface area contributed by atoms with E-state index in [2.05, 4.69) is 0 Å². The molecular formula is C10H12O3S. The second kappa shape index (κ2) is 4.81. The number of ether oxygens (including phenoxy) is 1. The van der Waals surface area contributed by atoms with Crippen LogP contribution in [-0.4, -0.2) is 15.0 Å². The van der Waals surface area contributed by atoms with E-state index in [1.807, 2.05) is 0 Å². The lowest BCUT2D eigenvalue weighted by Gasteiger charge is -1.97. The molecule has 0 saturated heterocycles. The summed E-state index contributed by atoms with van der Waals surface area (Å²) >= 11 is 0. The van der Waals surface area contributed by atoms with Gasteiger partial charge in [-0.05, 0) is 19.1 Å². The predicted molar refractivity (Wildman–Crippen MR) is 54.4 cm³/mol. The molecule has 3 nitrogen and oxygen atoms in total. The van der Waals surface area contributed by atoms with E-state index in [1.165, 1.54) is 6.26 Å². The molecule has 0 aromatic heterocycles. The fourth-order valence-electron chi connectivity index (χ4n) is 0.897. The second-order valence-corrected chi connectivity index (χ2v) is 4.42. The minimum Gasteiger partial charge on any atom is -0.501 e. The molecule has 0 spiro atoms. The Labute approximate surface area is 83.9 Å². The molecule has 76 valence electrons. The summed E-state index contributed by atoms with van der Waals surface area (Å²) in [5.74, 6) is 0. The molecular weight excluding hydrogens is 200 g/mol. The Hall–Kier alpha value is -1.29. The van der Waals surface area contributed by atoms with E-state index in [0.717, 1.165) is 5.41 Å². The Morgan fingerprint density at radius 2 is 1.93 bits per heavy atom. The average molecular weight is 212 g/mol. The SMILES string of the molecule is CCO/C=C/S(=O)(=O)c1ccccc1. The second-order valence-electron chi connectivity index (χ2n) is 2.59. The van der Waals surface area contributed by atoms with Crippen molar-refractivity contribution in [2.45, 2.75) is 11.8 Å². The van der Waals surface area contributed by atoms with E-state index < -0.39 is 9.84 Å². The van der Waals surface area contributed by atoms with E-state index in [4.69, 9.17) is 4.74 Å². The highest BCUT2D eigenvalue weighted by Crippen LogP contribution is 2.10. The Kier molecular flexibility index (Phi) is 3.71. The summed E-state index contributed by atoms with van der Waals surface area (Å²) in [7, 11) is -3.34. The van der Waals surface area contributed by atoms with Gasteiger partial charge in [-0.1, -0.05) is 18.2 Å². The lowest BCUT2D eigenvalue weighted by Crippen LogP contribution is -1.95. The highest BCUT2D eigenvalue weighted by Gasteiger charge is 2.08. The van der Waals surface area contributed by atoms with Crippen molar-refractivity contribution < 1.29 is 13.2 Å². The standard InChI is InChI=1S/C10H12O3S/c1-2-13-8-9-14(11,12)10-6-4-3-5-7-10/h3-9H,2H2,1H3/b9-8+. The molecule has 0 aliphatic carbocycles. The minimum absolute atomic E-state index is 0.274. The molecule has 0 amide bonds. The van der Waals surface area contributed by atoms with Gasteiger partial charge in [0.05, 0.1) is 23.2 Å². The van der Waals surface area contributed by atoms with Crippen LogP contribution in [0.1, 0.15) is 6.92 Å². The summed E-state index contributed by atoms with van der Waals surface area (Å²) in [5.41, 5.74) is 0. The van der Waals surface area contributed by atoms with Gasteiger partial charge in [-0.25, -0.2) is 8.42 Å². The van der Waals surface area contributed by atoms with Crippen LogP contribution in [0.5, 0.6) is 0 Å². The number of rotatable bonds is 4. The Morgan fingerprint density at radius 3 is 2.50 bits per heavy atom. The van der Waals surface area contributed by atoms with Gasteiger partial charge in [0.2, 0.25) is 9.84 Å². The largest absolute Gasteiger partial charge is 0.501 e. The summed E-state index contributed by atoms with van der Waals surface area (Å²) in [4.78, 5) is 0.274. The van der Waals surface area contributed by atoms with E-state index in [1.54, 1.807) is 37.3 Å². The molecule has 1 aromatic carbocycles. The van der Waals surface area contributed by atoms with Crippen molar-refractivity contribution in [1.29, 1.82) is 0 Å². The zero-order valence-corrected chi connectivity index (χ0v) is 8.70. The number of hydrogen-bond donors (Lipinski definition) is 0. The van der Waals surface area contributed by atoms with Crippen molar-refractivity contribution >= 4 is 9.84 Å². The lowest BCUT2D eigenvalue weighted by atomic mass is 10.4. The van der Waals surface area contributed by atoms with Crippen molar-refractivity contribution in [3.8, 4) is 0 Å². The van der Waals surface area contributed by atoms with Crippen LogP contribution in [0.15, 0.2) is 46.9 Å². The molecule has 0 aliphatic heterocycles. The van der Waals surface area contributed by atoms with Crippen molar-refractivity contribution in [1.82, 2.24) is 0 Å². The highest BCUT2D eigenvalue weighted by molar-refractivity contribution is 7.94. The van der Waals surface area contributed by atoms with Gasteiger partial charge in [0.1, 0.15) is 0 Å². The van der Waals surface area contributed by atoms with E-state index >= 15 is 0 Å². The van der Waals surface area contributed by atoms with Gasteiger partial charge >= 0.3 is 0 Å². The third kappa shape index (κ3) is 2.88. The zero-order chi connectivity index (χ0) is 10.4. The third-order valence-electron chi connectivity index (χ3n) is 1.57. The van der Waals surface area contributed by atoms with Crippen LogP contribution < -0.4 is 0 Å². The van der Waals surface area contributed by atoms with Crippen LogP contribution in [0.2, 0.25) is 0 Å². The highest BCUT2D eigenvalue weighted by atomic mass is 32.2. The smallest absolute Gasteiger partial charge is 0.202 e. The van der Waals surface area contributed by atoms with Gasteiger partial charge in [0.25, 0.3) is 0 Å². The molecule has 0 saturated carbocycles. The summed E-state index contributed by atoms with van der Waals surface area (Å²) in [6, 6.07) is 8.23. The summed E-state index contributed by atoms with van der Waals surface area (Å²) in [6.07, 6.45) is 1.20. The molecule has 1 aromatic rings. The molecule has 0 bridgehead atoms. The molecule has 0 N–H and O–H groups in total. The third-order valence-corrected chi connectivity index (χ3v) is 2.97. The van der Waals surface area contributed by atoms with E-state index in [0.29, 0.717) is 6.61 Å². The fourth-order valence-corrected chi connectivity index (χ4v) is 1.82. The van der Waals surface area contributed by atoms with E-state index in [-0.39, 0.29) is 4.90 Å². The number of benzene rings is 1. The first kappa shape index (κ1) is 10.8. The van der Waals surface area contributed by atoms with Crippen LogP contribution >= 0.6 is 0 Å². The van der Waals surface area contributed by atoms with Crippen molar-refractivity contribution in [3.63, 3.8) is 0 Å². The van der Waals surface area contributed by atoms with Crippen molar-refractivity contribution in [2.75, 3.05) is 6.61 Å². The van der Waals surface area contributed by atoms with Crippen molar-refractivity contribution in [3.05, 3.63) is 42.0 Å². The normalized spacial score (nSPS) is 11.8. The van der Waals surface area contributed by atoms with Gasteiger partial charge < -0.3 is 4.74 Å². The monoisotopic (exact) mass is 212 g/mol. The Bertz CT molecular complexity index is 393. The molecule has 0 radical (unpaired) electrons. The van der Waals surface area contributed by atoms with Gasteiger partial charge in [-0.3, -0.25) is 0 Å². The van der Waals surface area contributed by atoms with Gasteiger partial charge in [-0.15, -0.1) is 0 Å². The van der Waals surface area contributed by atoms with Crippen LogP contribution in [0.25, 0.3) is 0 Å². The maximum absolute atomic E-state index is 11.5. The maximum Gasteiger partial charge on any atom is 0.202 e. The summed E-state index contributed by atoms with van der Waals surface area (Å²) in [5, 5.41) is 1.06. The maximum atomic E-state index is 11.5. The van der Waals surface area contributed by atoms with Gasteiger partial charge in [0.15, 0.2) is 0 Å². The minimum atomic E-state index is -3.34. The molecule has 0 heterocycles. The molecule has 1 rings (SSSR count).